The zero-order valence-electron chi connectivity index (χ0n) is 11.6. The molecule has 21 heavy (non-hydrogen) atoms. The van der Waals surface area contributed by atoms with E-state index in [0.29, 0.717) is 31.6 Å². The Balaban J connectivity index is 1.77. The van der Waals surface area contributed by atoms with E-state index in [9.17, 15) is 9.18 Å². The van der Waals surface area contributed by atoms with Crippen LogP contribution in [0.4, 0.5) is 4.39 Å². The number of ketones is 1. The summed E-state index contributed by atoms with van der Waals surface area (Å²) in [4.78, 5) is 12.5. The number of nitrogens with one attached hydrogen (secondary N) is 1. The van der Waals surface area contributed by atoms with Crippen molar-refractivity contribution in [1.82, 2.24) is 5.32 Å². The summed E-state index contributed by atoms with van der Waals surface area (Å²) in [5, 5.41) is 12.0. The molecule has 2 aliphatic rings. The zero-order valence-corrected chi connectivity index (χ0v) is 11.6. The van der Waals surface area contributed by atoms with Gasteiger partial charge in [-0.1, -0.05) is 6.07 Å². The average molecular weight is 288 g/mol. The lowest BCUT2D eigenvalue weighted by Crippen LogP contribution is -2.55. The predicted molar refractivity (Wildman–Crippen MR) is 74.3 cm³/mol. The lowest BCUT2D eigenvalue weighted by molar-refractivity contribution is 0.00945. The normalized spacial score (nSPS) is 27.9. The molecular formula is C16H17FN2O2. The summed E-state index contributed by atoms with van der Waals surface area (Å²) in [5.41, 5.74) is 0.740. The molecule has 3 rings (SSSR count). The Hall–Kier alpha value is -1.77. The van der Waals surface area contributed by atoms with Gasteiger partial charge in [0.1, 0.15) is 5.82 Å². The van der Waals surface area contributed by atoms with Gasteiger partial charge in [0.2, 0.25) is 0 Å². The van der Waals surface area contributed by atoms with Crippen molar-refractivity contribution in [2.45, 2.75) is 31.3 Å². The number of halogens is 1. The molecule has 2 atom stereocenters. The molecule has 0 spiro atoms. The van der Waals surface area contributed by atoms with Gasteiger partial charge in [0.05, 0.1) is 31.3 Å². The number of ether oxygens (including phenoxy) is 1. The van der Waals surface area contributed by atoms with Gasteiger partial charge < -0.3 is 10.1 Å². The van der Waals surface area contributed by atoms with Crippen molar-refractivity contribution in [3.63, 3.8) is 0 Å². The minimum absolute atomic E-state index is 0.130. The highest BCUT2D eigenvalue weighted by Crippen LogP contribution is 2.28. The largest absolute Gasteiger partial charge is 0.378 e. The number of hydrogen-bond acceptors (Lipinski definition) is 4. The standard InChI is InChI=1S/C16H17FN2O2/c17-15-5-10(3-4-18)1-2-14(15)16(20)11-6-12-8-21-9-13(7-11)19-12/h1-2,5,11-13,19H,3,6-9H2. The molecule has 2 unspecified atom stereocenters. The average Bonchev–Trinajstić information content (AvgIpc) is 2.46. The summed E-state index contributed by atoms with van der Waals surface area (Å²) in [6.45, 7) is 1.23. The molecule has 2 saturated heterocycles. The number of Topliss-reactive ketones (excluding diaryl/α,β-unsaturated/α-hetero) is 1. The number of fused-ring (bicyclic) bond motifs is 2. The smallest absolute Gasteiger partial charge is 0.169 e. The van der Waals surface area contributed by atoms with Crippen LogP contribution >= 0.6 is 0 Å². The lowest BCUT2D eigenvalue weighted by Gasteiger charge is -2.39. The van der Waals surface area contributed by atoms with Crippen molar-refractivity contribution < 1.29 is 13.9 Å². The van der Waals surface area contributed by atoms with Crippen molar-refractivity contribution >= 4 is 5.78 Å². The summed E-state index contributed by atoms with van der Waals surface area (Å²) < 4.78 is 19.6. The van der Waals surface area contributed by atoms with Gasteiger partial charge in [0, 0.05) is 18.0 Å². The fraction of sp³-hybridized carbons (Fsp3) is 0.500. The molecule has 2 fully saturated rings. The molecule has 1 aromatic carbocycles. The predicted octanol–water partition coefficient (Wildman–Crippen LogP) is 1.84. The van der Waals surface area contributed by atoms with E-state index in [-0.39, 0.29) is 35.8 Å². The number of nitriles is 1. The van der Waals surface area contributed by atoms with Crippen LogP contribution in [-0.4, -0.2) is 31.1 Å². The number of morpholine rings is 1. The second-order valence-electron chi connectivity index (χ2n) is 5.78. The maximum absolute atomic E-state index is 14.1. The Labute approximate surface area is 122 Å². The first-order valence-corrected chi connectivity index (χ1v) is 7.20. The summed E-state index contributed by atoms with van der Waals surface area (Å²) in [5.74, 6) is -0.802. The molecule has 0 amide bonds. The van der Waals surface area contributed by atoms with Gasteiger partial charge in [0.15, 0.2) is 5.78 Å². The molecule has 2 aliphatic heterocycles. The van der Waals surface area contributed by atoms with Crippen molar-refractivity contribution in [2.75, 3.05) is 13.2 Å². The van der Waals surface area contributed by atoms with E-state index in [2.05, 4.69) is 5.32 Å². The summed E-state index contributed by atoms with van der Waals surface area (Å²) in [6, 6.07) is 6.81. The van der Waals surface area contributed by atoms with Crippen molar-refractivity contribution in [3.05, 3.63) is 35.1 Å². The SMILES string of the molecule is N#CCc1ccc(C(=O)C2CC3COCC(C2)N3)c(F)c1. The van der Waals surface area contributed by atoms with Gasteiger partial charge in [0.25, 0.3) is 0 Å². The Kier molecular flexibility index (Phi) is 4.00. The van der Waals surface area contributed by atoms with E-state index in [4.69, 9.17) is 10.00 Å². The molecule has 1 aromatic rings. The fourth-order valence-electron chi connectivity index (χ4n) is 3.23. The molecule has 110 valence electrons. The molecule has 0 radical (unpaired) electrons. The Morgan fingerprint density at radius 3 is 2.71 bits per heavy atom. The van der Waals surface area contributed by atoms with E-state index in [0.717, 1.165) is 0 Å². The Morgan fingerprint density at radius 2 is 2.10 bits per heavy atom. The van der Waals surface area contributed by atoms with E-state index in [1.807, 2.05) is 6.07 Å². The first-order chi connectivity index (χ1) is 10.2. The van der Waals surface area contributed by atoms with Gasteiger partial charge in [-0.2, -0.15) is 5.26 Å². The summed E-state index contributed by atoms with van der Waals surface area (Å²) >= 11 is 0. The third-order valence-corrected chi connectivity index (χ3v) is 4.20. The van der Waals surface area contributed by atoms with Crippen molar-refractivity contribution in [2.24, 2.45) is 5.92 Å². The number of rotatable bonds is 3. The summed E-state index contributed by atoms with van der Waals surface area (Å²) in [6.07, 6.45) is 1.53. The van der Waals surface area contributed by atoms with Crippen LogP contribution < -0.4 is 5.32 Å². The number of benzene rings is 1. The molecule has 4 nitrogen and oxygen atoms in total. The third-order valence-electron chi connectivity index (χ3n) is 4.20. The van der Waals surface area contributed by atoms with Gasteiger partial charge in [-0.15, -0.1) is 0 Å². The highest BCUT2D eigenvalue weighted by Gasteiger charge is 2.36. The number of hydrogen-bond donors (Lipinski definition) is 1. The highest BCUT2D eigenvalue weighted by atomic mass is 19.1. The minimum atomic E-state index is -0.521. The Morgan fingerprint density at radius 1 is 1.38 bits per heavy atom. The van der Waals surface area contributed by atoms with Gasteiger partial charge in [-0.05, 0) is 30.5 Å². The van der Waals surface area contributed by atoms with Gasteiger partial charge in [-0.3, -0.25) is 4.79 Å². The van der Waals surface area contributed by atoms with Crippen LogP contribution in [0.3, 0.4) is 0 Å². The number of carbonyl (C=O) groups excluding carboxylic acids is 1. The van der Waals surface area contributed by atoms with Crippen LogP contribution in [0.15, 0.2) is 18.2 Å². The third kappa shape index (κ3) is 2.97. The molecule has 0 aliphatic carbocycles. The van der Waals surface area contributed by atoms with Crippen molar-refractivity contribution in [3.8, 4) is 6.07 Å². The molecular weight excluding hydrogens is 271 g/mol. The fourth-order valence-corrected chi connectivity index (χ4v) is 3.23. The molecule has 1 N–H and O–H groups in total. The number of piperidine rings is 1. The second kappa shape index (κ2) is 5.92. The highest BCUT2D eigenvalue weighted by molar-refractivity contribution is 5.98. The van der Waals surface area contributed by atoms with E-state index >= 15 is 0 Å². The maximum Gasteiger partial charge on any atom is 0.169 e. The maximum atomic E-state index is 14.1. The van der Waals surface area contributed by atoms with Crippen LogP contribution in [-0.2, 0) is 11.2 Å². The molecule has 2 bridgehead atoms. The first-order valence-electron chi connectivity index (χ1n) is 7.20. The van der Waals surface area contributed by atoms with Gasteiger partial charge in [-0.25, -0.2) is 4.39 Å². The second-order valence-corrected chi connectivity index (χ2v) is 5.78. The van der Waals surface area contributed by atoms with Crippen LogP contribution in [0, 0.1) is 23.1 Å². The zero-order chi connectivity index (χ0) is 14.8. The van der Waals surface area contributed by atoms with Crippen LogP contribution in [0.5, 0.6) is 0 Å². The Bertz CT molecular complexity index is 584. The molecule has 2 heterocycles. The van der Waals surface area contributed by atoms with Crippen LogP contribution in [0.1, 0.15) is 28.8 Å². The van der Waals surface area contributed by atoms with Crippen molar-refractivity contribution in [1.29, 1.82) is 5.26 Å². The van der Waals surface area contributed by atoms with E-state index in [1.54, 1.807) is 6.07 Å². The topological polar surface area (TPSA) is 62.1 Å². The quantitative estimate of drug-likeness (QED) is 0.862. The summed E-state index contributed by atoms with van der Waals surface area (Å²) in [7, 11) is 0. The van der Waals surface area contributed by atoms with E-state index < -0.39 is 5.82 Å². The molecule has 0 aromatic heterocycles. The van der Waals surface area contributed by atoms with Crippen LogP contribution in [0.25, 0.3) is 0 Å². The van der Waals surface area contributed by atoms with Crippen LogP contribution in [0.2, 0.25) is 0 Å². The number of carbonyl (C=O) groups is 1. The van der Waals surface area contributed by atoms with Gasteiger partial charge >= 0.3 is 0 Å². The first kappa shape index (κ1) is 14.2. The lowest BCUT2D eigenvalue weighted by atomic mass is 9.82. The molecule has 0 saturated carbocycles. The minimum Gasteiger partial charge on any atom is -0.378 e. The van der Waals surface area contributed by atoms with E-state index in [1.165, 1.54) is 12.1 Å². The molecule has 5 heteroatoms. The monoisotopic (exact) mass is 288 g/mol. The number of nitrogens with zero attached hydrogens (tertiary/aromatic N) is 1.